The van der Waals surface area contributed by atoms with Gasteiger partial charge in [-0.15, -0.1) is 0 Å². The Balaban J connectivity index is 1.49. The lowest BCUT2D eigenvalue weighted by Gasteiger charge is -2.36. The maximum atomic E-state index is 15.1. The highest BCUT2D eigenvalue weighted by Crippen LogP contribution is 2.27. The summed E-state index contributed by atoms with van der Waals surface area (Å²) < 4.78 is 15.1. The normalized spacial score (nSPS) is 20.5. The van der Waals surface area contributed by atoms with E-state index in [1.807, 2.05) is 17.9 Å². The average Bonchev–Trinajstić information content (AvgIpc) is 2.99. The number of carbonyl (C=O) groups is 1. The van der Waals surface area contributed by atoms with E-state index in [2.05, 4.69) is 31.3 Å². The monoisotopic (exact) mass is 468 g/mol. The van der Waals surface area contributed by atoms with Gasteiger partial charge in [0.05, 0.1) is 47.3 Å². The van der Waals surface area contributed by atoms with Gasteiger partial charge in [0.25, 0.3) is 5.91 Å². The molecule has 4 rings (SSSR count). The number of primary amides is 1. The Bertz CT molecular complexity index is 1130. The minimum absolute atomic E-state index is 0.170. The van der Waals surface area contributed by atoms with E-state index in [4.69, 9.17) is 11.5 Å². The largest absolute Gasteiger partial charge is 0.397 e. The summed E-state index contributed by atoms with van der Waals surface area (Å²) in [7, 11) is 0. The topological polar surface area (TPSA) is 135 Å². The number of nitrogens with zero attached hydrogens (tertiary/aromatic N) is 4. The van der Waals surface area contributed by atoms with Crippen LogP contribution in [0.2, 0.25) is 0 Å². The van der Waals surface area contributed by atoms with Crippen molar-refractivity contribution in [2.45, 2.75) is 25.6 Å². The molecule has 6 N–H and O–H groups in total. The van der Waals surface area contributed by atoms with Gasteiger partial charge in [-0.05, 0) is 43.3 Å². The number of aliphatic imine (C=N–C) groups is 1. The summed E-state index contributed by atoms with van der Waals surface area (Å²) in [5, 5.41) is 7.97. The number of carbonyl (C=O) groups excluding carboxylic acids is 1. The fourth-order valence-corrected chi connectivity index (χ4v) is 4.33. The molecule has 0 aromatic carbocycles. The van der Waals surface area contributed by atoms with Crippen molar-refractivity contribution >= 4 is 45.7 Å². The summed E-state index contributed by atoms with van der Waals surface area (Å²) in [4.78, 5) is 26.7. The van der Waals surface area contributed by atoms with Crippen molar-refractivity contribution in [2.75, 3.05) is 40.9 Å². The van der Waals surface area contributed by atoms with E-state index in [1.165, 1.54) is 18.0 Å². The number of thioether (sulfide) groups is 1. The van der Waals surface area contributed by atoms with Crippen LogP contribution in [0, 0.1) is 0 Å². The summed E-state index contributed by atoms with van der Waals surface area (Å²) in [5.41, 5.74) is 15.5. The first kappa shape index (κ1) is 22.6. The van der Waals surface area contributed by atoms with Gasteiger partial charge >= 0.3 is 0 Å². The van der Waals surface area contributed by atoms with Crippen LogP contribution in [0.1, 0.15) is 23.7 Å². The van der Waals surface area contributed by atoms with Gasteiger partial charge in [-0.25, -0.2) is 14.4 Å². The molecule has 2 atom stereocenters. The number of pyridine rings is 2. The van der Waals surface area contributed by atoms with Crippen LogP contribution in [0.3, 0.4) is 0 Å². The highest BCUT2D eigenvalue weighted by atomic mass is 32.2. The summed E-state index contributed by atoms with van der Waals surface area (Å²) in [6.07, 6.45) is 4.09. The lowest BCUT2D eigenvalue weighted by molar-refractivity contribution is 0.100. The Morgan fingerprint density at radius 1 is 1.33 bits per heavy atom. The number of halogens is 1. The molecule has 0 radical (unpaired) electrons. The SMILES string of the molecule is CC1=NCC=C=C(Nc2cc(N[C@@H]3CCN(c4ccc(N)cn4)C[C@@H]3F)c(C(N)=O)cn2)S1. The second-order valence-electron chi connectivity index (χ2n) is 7.69. The summed E-state index contributed by atoms with van der Waals surface area (Å²) in [6, 6.07) is 4.69. The molecule has 2 aromatic rings. The van der Waals surface area contributed by atoms with Crippen LogP contribution in [-0.2, 0) is 0 Å². The first-order valence-corrected chi connectivity index (χ1v) is 11.3. The van der Waals surface area contributed by atoms with E-state index in [0.29, 0.717) is 42.5 Å². The van der Waals surface area contributed by atoms with Crippen LogP contribution in [0.15, 0.2) is 52.4 Å². The standard InChI is InChI=1S/C22H25FN8OS/c1-13-26-7-2-3-21(33-13)30-19-9-18(15(11-27-19)22(25)32)29-17-6-8-31(12-16(17)23)20-5-4-14(24)10-28-20/h2,4-5,9-11,16-17H,6-8,12,24H2,1H3,(H2,25,32)(H2,27,29,30)/t16-,17+/m0/s1. The van der Waals surface area contributed by atoms with Gasteiger partial charge in [-0.1, -0.05) is 5.73 Å². The Hall–Kier alpha value is -3.56. The number of hydrogen-bond donors (Lipinski definition) is 4. The molecule has 0 spiro atoms. The molecule has 11 heteroatoms. The van der Waals surface area contributed by atoms with Crippen LogP contribution < -0.4 is 27.0 Å². The highest BCUT2D eigenvalue weighted by molar-refractivity contribution is 8.17. The molecule has 33 heavy (non-hydrogen) atoms. The van der Waals surface area contributed by atoms with E-state index >= 15 is 4.39 Å². The van der Waals surface area contributed by atoms with E-state index in [-0.39, 0.29) is 12.1 Å². The number of nitrogens with two attached hydrogens (primary N) is 2. The van der Waals surface area contributed by atoms with Crippen molar-refractivity contribution in [2.24, 2.45) is 10.7 Å². The zero-order chi connectivity index (χ0) is 23.4. The molecule has 0 unspecified atom stereocenters. The summed E-state index contributed by atoms with van der Waals surface area (Å²) >= 11 is 1.44. The Kier molecular flexibility index (Phi) is 6.81. The summed E-state index contributed by atoms with van der Waals surface area (Å²) in [5.74, 6) is 0.528. The smallest absolute Gasteiger partial charge is 0.252 e. The molecule has 1 fully saturated rings. The van der Waals surface area contributed by atoms with Gasteiger partial charge in [-0.2, -0.15) is 0 Å². The molecule has 0 saturated carbocycles. The molecule has 1 saturated heterocycles. The van der Waals surface area contributed by atoms with Gasteiger partial charge in [0, 0.05) is 18.8 Å². The third kappa shape index (κ3) is 5.63. The number of nitrogen functional groups attached to an aromatic ring is 1. The third-order valence-corrected chi connectivity index (χ3v) is 6.12. The van der Waals surface area contributed by atoms with Gasteiger partial charge in [0.15, 0.2) is 0 Å². The Morgan fingerprint density at radius 3 is 2.91 bits per heavy atom. The van der Waals surface area contributed by atoms with E-state index < -0.39 is 18.1 Å². The molecule has 1 amide bonds. The number of rotatable bonds is 6. The van der Waals surface area contributed by atoms with Crippen molar-refractivity contribution in [3.63, 3.8) is 0 Å². The highest BCUT2D eigenvalue weighted by Gasteiger charge is 2.30. The maximum Gasteiger partial charge on any atom is 0.252 e. The van der Waals surface area contributed by atoms with Crippen molar-refractivity contribution in [1.82, 2.24) is 9.97 Å². The lowest BCUT2D eigenvalue weighted by Crippen LogP contribution is -2.48. The molecule has 2 aliphatic heterocycles. The zero-order valence-corrected chi connectivity index (χ0v) is 18.9. The number of nitrogens with one attached hydrogen (secondary N) is 2. The fraction of sp³-hybridized carbons (Fsp3) is 0.318. The van der Waals surface area contributed by atoms with Gasteiger partial charge < -0.3 is 27.0 Å². The first-order valence-electron chi connectivity index (χ1n) is 10.5. The fourth-order valence-electron chi connectivity index (χ4n) is 3.60. The third-order valence-electron chi connectivity index (χ3n) is 5.28. The van der Waals surface area contributed by atoms with Crippen molar-refractivity contribution in [3.05, 3.63) is 53.0 Å². The van der Waals surface area contributed by atoms with Crippen LogP contribution in [-0.4, -0.2) is 52.8 Å². The van der Waals surface area contributed by atoms with Gasteiger partial charge in [0.2, 0.25) is 0 Å². The predicted molar refractivity (Wildman–Crippen MR) is 131 cm³/mol. The number of amides is 1. The molecule has 172 valence electrons. The minimum Gasteiger partial charge on any atom is -0.397 e. The zero-order valence-electron chi connectivity index (χ0n) is 18.1. The van der Waals surface area contributed by atoms with E-state index in [9.17, 15) is 4.79 Å². The lowest BCUT2D eigenvalue weighted by atomic mass is 10.0. The Morgan fingerprint density at radius 2 is 2.18 bits per heavy atom. The van der Waals surface area contributed by atoms with Crippen LogP contribution in [0.5, 0.6) is 0 Å². The molecule has 2 aromatic heterocycles. The molecule has 2 aliphatic rings. The van der Waals surface area contributed by atoms with E-state index in [0.717, 1.165) is 10.1 Å². The van der Waals surface area contributed by atoms with Crippen molar-refractivity contribution < 1.29 is 9.18 Å². The van der Waals surface area contributed by atoms with Crippen LogP contribution in [0.4, 0.5) is 27.4 Å². The molecule has 9 nitrogen and oxygen atoms in total. The van der Waals surface area contributed by atoms with Crippen molar-refractivity contribution in [1.29, 1.82) is 0 Å². The number of piperidine rings is 1. The number of hydrogen-bond acceptors (Lipinski definition) is 9. The molecule has 0 aliphatic carbocycles. The second-order valence-corrected chi connectivity index (χ2v) is 8.90. The maximum absolute atomic E-state index is 15.1. The first-order chi connectivity index (χ1) is 15.9. The van der Waals surface area contributed by atoms with Crippen molar-refractivity contribution in [3.8, 4) is 0 Å². The number of anilines is 4. The van der Waals surface area contributed by atoms with E-state index in [1.54, 1.807) is 24.4 Å². The minimum atomic E-state index is -1.19. The Labute approximate surface area is 195 Å². The molecular formula is C22H25FN8OS. The number of aromatic nitrogens is 2. The van der Waals surface area contributed by atoms with Gasteiger partial charge in [0.1, 0.15) is 22.8 Å². The van der Waals surface area contributed by atoms with Gasteiger partial charge in [-0.3, -0.25) is 9.79 Å². The second kappa shape index (κ2) is 9.93. The summed E-state index contributed by atoms with van der Waals surface area (Å²) in [6.45, 7) is 3.25. The number of alkyl halides is 1. The molecule has 0 bridgehead atoms. The average molecular weight is 469 g/mol. The molecular weight excluding hydrogens is 443 g/mol. The predicted octanol–water partition coefficient (Wildman–Crippen LogP) is 2.76. The van der Waals surface area contributed by atoms with Crippen LogP contribution >= 0.6 is 11.8 Å². The molecule has 4 heterocycles. The van der Waals surface area contributed by atoms with Crippen LogP contribution in [0.25, 0.3) is 0 Å². The quantitative estimate of drug-likeness (QED) is 0.476.